The molecule has 11 heteroatoms. The largest absolute Gasteiger partial charge is 0.345 e. The topological polar surface area (TPSA) is 108 Å². The highest BCUT2D eigenvalue weighted by Gasteiger charge is 2.30. The number of rotatable bonds is 4. The van der Waals surface area contributed by atoms with Crippen molar-refractivity contribution >= 4 is 59.9 Å². The number of hydrogen-bond acceptors (Lipinski definition) is 8. The van der Waals surface area contributed by atoms with Crippen LogP contribution in [0.2, 0.25) is 0 Å². The standard InChI is InChI=1S/C23H22N4O5S2/c1-34(31,32)17-6-7-18-19(14-17)33-23(24-18)26-12-10-25(11-13-26)22(30)15-2-4-16(5-3-15)27-20(28)8-9-21(27)29/h2-7,14H,8-13H2,1H3. The summed E-state index contributed by atoms with van der Waals surface area (Å²) in [5.41, 5.74) is 1.74. The molecule has 3 aromatic rings. The summed E-state index contributed by atoms with van der Waals surface area (Å²) in [6.45, 7) is 2.26. The van der Waals surface area contributed by atoms with Gasteiger partial charge < -0.3 is 9.80 Å². The van der Waals surface area contributed by atoms with E-state index in [1.165, 1.54) is 22.5 Å². The van der Waals surface area contributed by atoms with E-state index >= 15 is 0 Å². The molecule has 9 nitrogen and oxygen atoms in total. The summed E-state index contributed by atoms with van der Waals surface area (Å²) in [6, 6.07) is 11.5. The van der Waals surface area contributed by atoms with Gasteiger partial charge in [-0.15, -0.1) is 0 Å². The van der Waals surface area contributed by atoms with Crippen LogP contribution in [0.3, 0.4) is 0 Å². The minimum Gasteiger partial charge on any atom is -0.345 e. The molecule has 0 atom stereocenters. The lowest BCUT2D eigenvalue weighted by atomic mass is 10.1. The number of benzene rings is 2. The first-order valence-corrected chi connectivity index (χ1v) is 13.5. The Hall–Kier alpha value is -3.31. The second-order valence-corrected chi connectivity index (χ2v) is 11.4. The molecule has 2 aliphatic rings. The van der Waals surface area contributed by atoms with E-state index in [-0.39, 0.29) is 35.5 Å². The van der Waals surface area contributed by atoms with Crippen LogP contribution in [-0.4, -0.2) is 68.5 Å². The summed E-state index contributed by atoms with van der Waals surface area (Å²) < 4.78 is 24.5. The molecule has 1 aromatic heterocycles. The minimum atomic E-state index is -3.28. The third-order valence-electron chi connectivity index (χ3n) is 6.04. The maximum Gasteiger partial charge on any atom is 0.253 e. The number of anilines is 2. The Balaban J connectivity index is 1.25. The number of aromatic nitrogens is 1. The first kappa shape index (κ1) is 22.5. The van der Waals surface area contributed by atoms with E-state index < -0.39 is 9.84 Å². The number of carbonyl (C=O) groups is 3. The van der Waals surface area contributed by atoms with E-state index in [0.29, 0.717) is 37.4 Å². The second-order valence-electron chi connectivity index (χ2n) is 8.35. The molecule has 0 unspecified atom stereocenters. The quantitative estimate of drug-likeness (QED) is 0.508. The molecule has 0 N–H and O–H groups in total. The molecule has 176 valence electrons. The van der Waals surface area contributed by atoms with Crippen LogP contribution in [0.15, 0.2) is 47.4 Å². The van der Waals surface area contributed by atoms with Gasteiger partial charge >= 0.3 is 0 Å². The maximum absolute atomic E-state index is 13.0. The predicted molar refractivity (Wildman–Crippen MR) is 129 cm³/mol. The van der Waals surface area contributed by atoms with E-state index in [0.717, 1.165) is 15.3 Å². The number of hydrogen-bond donors (Lipinski definition) is 0. The zero-order chi connectivity index (χ0) is 24.0. The Labute approximate surface area is 200 Å². The number of piperazine rings is 1. The van der Waals surface area contributed by atoms with E-state index in [2.05, 4.69) is 9.88 Å². The fourth-order valence-corrected chi connectivity index (χ4v) is 5.94. The Bertz CT molecular complexity index is 1390. The molecule has 0 saturated carbocycles. The van der Waals surface area contributed by atoms with Crippen molar-refractivity contribution in [3.63, 3.8) is 0 Å². The van der Waals surface area contributed by atoms with Gasteiger partial charge in [-0.2, -0.15) is 0 Å². The second kappa shape index (κ2) is 8.48. The summed E-state index contributed by atoms with van der Waals surface area (Å²) in [6.07, 6.45) is 1.62. The molecule has 2 saturated heterocycles. The number of carbonyl (C=O) groups excluding carboxylic acids is 3. The molecule has 0 bridgehead atoms. The van der Waals surface area contributed by atoms with Crippen molar-refractivity contribution in [3.05, 3.63) is 48.0 Å². The molecule has 2 aliphatic heterocycles. The van der Waals surface area contributed by atoms with Gasteiger partial charge in [0.1, 0.15) is 0 Å². The first-order valence-electron chi connectivity index (χ1n) is 10.8. The Morgan fingerprint density at radius 3 is 2.21 bits per heavy atom. The molecule has 0 aliphatic carbocycles. The van der Waals surface area contributed by atoms with Crippen molar-refractivity contribution in [2.75, 3.05) is 42.2 Å². The average molecular weight is 499 g/mol. The number of amides is 3. The monoisotopic (exact) mass is 498 g/mol. The van der Waals surface area contributed by atoms with E-state index in [1.54, 1.807) is 47.4 Å². The van der Waals surface area contributed by atoms with Gasteiger partial charge in [0.15, 0.2) is 15.0 Å². The van der Waals surface area contributed by atoms with Gasteiger partial charge in [0.25, 0.3) is 5.91 Å². The van der Waals surface area contributed by atoms with Crippen LogP contribution >= 0.6 is 11.3 Å². The molecular formula is C23H22N4O5S2. The van der Waals surface area contributed by atoms with Gasteiger partial charge in [0, 0.05) is 50.8 Å². The SMILES string of the molecule is CS(=O)(=O)c1ccc2nc(N3CCN(C(=O)c4ccc(N5C(=O)CCC5=O)cc4)CC3)sc2c1. The van der Waals surface area contributed by atoms with Crippen molar-refractivity contribution < 1.29 is 22.8 Å². The number of sulfone groups is 1. The smallest absolute Gasteiger partial charge is 0.253 e. The van der Waals surface area contributed by atoms with Crippen molar-refractivity contribution in [2.24, 2.45) is 0 Å². The molecule has 5 rings (SSSR count). The summed E-state index contributed by atoms with van der Waals surface area (Å²) in [4.78, 5) is 46.7. The lowest BCUT2D eigenvalue weighted by molar-refractivity contribution is -0.121. The summed E-state index contributed by atoms with van der Waals surface area (Å²) in [7, 11) is -3.28. The van der Waals surface area contributed by atoms with Gasteiger partial charge in [-0.3, -0.25) is 19.3 Å². The maximum atomic E-state index is 13.0. The number of nitrogens with zero attached hydrogens (tertiary/aromatic N) is 4. The van der Waals surface area contributed by atoms with Gasteiger partial charge in [0.2, 0.25) is 11.8 Å². The third-order valence-corrected chi connectivity index (χ3v) is 8.23. The Morgan fingerprint density at radius 1 is 0.941 bits per heavy atom. The van der Waals surface area contributed by atoms with Crippen LogP contribution in [0.5, 0.6) is 0 Å². The van der Waals surface area contributed by atoms with Gasteiger partial charge in [-0.25, -0.2) is 13.4 Å². The molecule has 0 radical (unpaired) electrons. The van der Waals surface area contributed by atoms with Crippen molar-refractivity contribution in [1.82, 2.24) is 9.88 Å². The molecule has 2 fully saturated rings. The van der Waals surface area contributed by atoms with Crippen LogP contribution in [-0.2, 0) is 19.4 Å². The van der Waals surface area contributed by atoms with Crippen molar-refractivity contribution in [1.29, 1.82) is 0 Å². The Morgan fingerprint density at radius 2 is 1.59 bits per heavy atom. The number of thiazole rings is 1. The molecule has 3 amide bonds. The van der Waals surface area contributed by atoms with Crippen LogP contribution in [0.25, 0.3) is 10.2 Å². The van der Waals surface area contributed by atoms with E-state index in [4.69, 9.17) is 0 Å². The zero-order valence-electron chi connectivity index (χ0n) is 18.4. The summed E-state index contributed by atoms with van der Waals surface area (Å²) >= 11 is 1.44. The molecule has 2 aromatic carbocycles. The Kier molecular flexibility index (Phi) is 5.61. The highest BCUT2D eigenvalue weighted by molar-refractivity contribution is 7.90. The third kappa shape index (κ3) is 4.16. The highest BCUT2D eigenvalue weighted by atomic mass is 32.2. The lowest BCUT2D eigenvalue weighted by Gasteiger charge is -2.34. The molecular weight excluding hydrogens is 476 g/mol. The molecule has 34 heavy (non-hydrogen) atoms. The summed E-state index contributed by atoms with van der Waals surface area (Å²) in [5.74, 6) is -0.544. The van der Waals surface area contributed by atoms with Crippen LogP contribution in [0, 0.1) is 0 Å². The van der Waals surface area contributed by atoms with E-state index in [9.17, 15) is 22.8 Å². The van der Waals surface area contributed by atoms with Crippen LogP contribution < -0.4 is 9.80 Å². The normalized spacial score (nSPS) is 17.1. The summed E-state index contributed by atoms with van der Waals surface area (Å²) in [5, 5.41) is 0.803. The van der Waals surface area contributed by atoms with E-state index in [1.807, 2.05) is 0 Å². The molecule has 3 heterocycles. The van der Waals surface area contributed by atoms with Crippen molar-refractivity contribution in [3.8, 4) is 0 Å². The molecule has 0 spiro atoms. The number of fused-ring (bicyclic) bond motifs is 1. The first-order chi connectivity index (χ1) is 16.2. The fraction of sp³-hybridized carbons (Fsp3) is 0.304. The van der Waals surface area contributed by atoms with Crippen LogP contribution in [0.1, 0.15) is 23.2 Å². The van der Waals surface area contributed by atoms with Gasteiger partial charge in [0.05, 0.1) is 20.8 Å². The van der Waals surface area contributed by atoms with Gasteiger partial charge in [-0.1, -0.05) is 11.3 Å². The van der Waals surface area contributed by atoms with Crippen LogP contribution in [0.4, 0.5) is 10.8 Å². The lowest BCUT2D eigenvalue weighted by Crippen LogP contribution is -2.48. The fourth-order valence-electron chi connectivity index (χ4n) is 4.16. The minimum absolute atomic E-state index is 0.104. The van der Waals surface area contributed by atoms with Crippen molar-refractivity contribution in [2.45, 2.75) is 17.7 Å². The highest BCUT2D eigenvalue weighted by Crippen LogP contribution is 2.31. The number of imide groups is 1. The predicted octanol–water partition coefficient (Wildman–Crippen LogP) is 2.32. The average Bonchev–Trinajstić information content (AvgIpc) is 3.40. The zero-order valence-corrected chi connectivity index (χ0v) is 20.1. The van der Waals surface area contributed by atoms with Gasteiger partial charge in [-0.05, 0) is 42.5 Å².